The maximum Gasteiger partial charge on any atom is 0.258 e. The summed E-state index contributed by atoms with van der Waals surface area (Å²) in [4.78, 5) is 23.0. The van der Waals surface area contributed by atoms with Crippen LogP contribution < -0.4 is 5.32 Å². The number of amides is 1. The number of fused-ring (bicyclic) bond motifs is 1. The second kappa shape index (κ2) is 7.87. The predicted molar refractivity (Wildman–Crippen MR) is 132 cm³/mol. The van der Waals surface area contributed by atoms with Gasteiger partial charge < -0.3 is 0 Å². The number of aromatic nitrogens is 8. The van der Waals surface area contributed by atoms with Gasteiger partial charge in [-0.05, 0) is 33.8 Å². The molecule has 0 unspecified atom stereocenters. The summed E-state index contributed by atoms with van der Waals surface area (Å²) in [5, 5.41) is 19.5. The van der Waals surface area contributed by atoms with Crippen molar-refractivity contribution in [3.05, 3.63) is 46.0 Å². The molecule has 0 aliphatic carbocycles. The van der Waals surface area contributed by atoms with E-state index in [4.69, 9.17) is 4.98 Å². The molecule has 0 aliphatic rings. The summed E-state index contributed by atoms with van der Waals surface area (Å²) >= 11 is 1.38. The normalized spacial score (nSPS) is 11.5. The monoisotopic (exact) mass is 475 g/mol. The Hall–Kier alpha value is -3.86. The van der Waals surface area contributed by atoms with E-state index >= 15 is 0 Å². The van der Waals surface area contributed by atoms with E-state index in [1.807, 2.05) is 71.2 Å². The van der Waals surface area contributed by atoms with Gasteiger partial charge in [-0.2, -0.15) is 15.3 Å². The Morgan fingerprint density at radius 2 is 1.65 bits per heavy atom. The van der Waals surface area contributed by atoms with Gasteiger partial charge in [0.1, 0.15) is 0 Å². The van der Waals surface area contributed by atoms with E-state index in [-0.39, 0.29) is 5.91 Å². The van der Waals surface area contributed by atoms with Crippen molar-refractivity contribution in [2.45, 2.75) is 27.7 Å². The van der Waals surface area contributed by atoms with Crippen LogP contribution >= 0.6 is 11.3 Å². The molecule has 5 rings (SSSR count). The average Bonchev–Trinajstić information content (AvgIpc) is 3.50. The number of anilines is 1. The summed E-state index contributed by atoms with van der Waals surface area (Å²) in [6.45, 7) is 7.76. The van der Waals surface area contributed by atoms with E-state index in [2.05, 4.69) is 25.6 Å². The number of pyridine rings is 1. The van der Waals surface area contributed by atoms with Crippen molar-refractivity contribution in [3.8, 4) is 22.5 Å². The Morgan fingerprint density at radius 3 is 2.29 bits per heavy atom. The van der Waals surface area contributed by atoms with E-state index in [9.17, 15) is 4.79 Å². The molecule has 0 atom stereocenters. The van der Waals surface area contributed by atoms with Gasteiger partial charge in [0, 0.05) is 49.5 Å². The summed E-state index contributed by atoms with van der Waals surface area (Å²) < 4.78 is 5.28. The second-order valence-corrected chi connectivity index (χ2v) is 9.28. The zero-order chi connectivity index (χ0) is 24.3. The molecule has 0 aliphatic heterocycles. The van der Waals surface area contributed by atoms with E-state index < -0.39 is 0 Å². The first-order chi connectivity index (χ1) is 16.1. The maximum absolute atomic E-state index is 13.5. The lowest BCUT2D eigenvalue weighted by molar-refractivity contribution is 0.102. The van der Waals surface area contributed by atoms with Gasteiger partial charge in [-0.15, -0.1) is 11.3 Å². The van der Waals surface area contributed by atoms with Crippen molar-refractivity contribution < 1.29 is 4.79 Å². The van der Waals surface area contributed by atoms with Gasteiger partial charge >= 0.3 is 0 Å². The Balaban J connectivity index is 1.58. The molecule has 10 nitrogen and oxygen atoms in total. The quantitative estimate of drug-likeness (QED) is 0.424. The zero-order valence-electron chi connectivity index (χ0n) is 20.1. The van der Waals surface area contributed by atoms with Crippen molar-refractivity contribution in [2.24, 2.45) is 21.1 Å². The molecule has 5 aromatic rings. The first-order valence-corrected chi connectivity index (χ1v) is 11.6. The van der Waals surface area contributed by atoms with Crippen LogP contribution in [0.2, 0.25) is 0 Å². The lowest BCUT2D eigenvalue weighted by Crippen LogP contribution is -2.13. The van der Waals surface area contributed by atoms with Gasteiger partial charge in [-0.3, -0.25) is 24.2 Å². The van der Waals surface area contributed by atoms with Crippen LogP contribution in [0.15, 0.2) is 17.6 Å². The highest BCUT2D eigenvalue weighted by Gasteiger charge is 2.23. The largest absolute Gasteiger partial charge is 0.298 e. The predicted octanol–water partition coefficient (Wildman–Crippen LogP) is 3.71. The summed E-state index contributed by atoms with van der Waals surface area (Å²) in [6.07, 6.45) is 1.92. The number of carbonyl (C=O) groups excluding carboxylic acids is 1. The molecular formula is C23H25N9OS. The molecule has 0 spiro atoms. The summed E-state index contributed by atoms with van der Waals surface area (Å²) in [7, 11) is 5.61. The minimum Gasteiger partial charge on any atom is -0.298 e. The van der Waals surface area contributed by atoms with Gasteiger partial charge in [-0.1, -0.05) is 0 Å². The van der Waals surface area contributed by atoms with Gasteiger partial charge in [0.15, 0.2) is 10.8 Å². The van der Waals surface area contributed by atoms with Crippen LogP contribution in [0.25, 0.3) is 33.5 Å². The number of nitrogens with one attached hydrogen (secondary N) is 1. The first-order valence-electron chi connectivity index (χ1n) is 10.8. The van der Waals surface area contributed by atoms with Crippen molar-refractivity contribution in [1.82, 2.24) is 39.3 Å². The number of hydrogen-bond donors (Lipinski definition) is 1. The smallest absolute Gasteiger partial charge is 0.258 e. The Kier molecular flexibility index (Phi) is 5.08. The number of rotatable bonds is 4. The molecule has 0 bridgehead atoms. The van der Waals surface area contributed by atoms with Crippen molar-refractivity contribution in [3.63, 3.8) is 0 Å². The van der Waals surface area contributed by atoms with Crippen LogP contribution in [0.5, 0.6) is 0 Å². The van der Waals surface area contributed by atoms with Gasteiger partial charge in [0.2, 0.25) is 0 Å². The highest BCUT2D eigenvalue weighted by Crippen LogP contribution is 2.32. The molecule has 0 fully saturated rings. The fraction of sp³-hybridized carbons (Fsp3) is 0.304. The average molecular weight is 476 g/mol. The Labute approximate surface area is 200 Å². The van der Waals surface area contributed by atoms with Crippen LogP contribution in [0, 0.1) is 27.7 Å². The van der Waals surface area contributed by atoms with Gasteiger partial charge in [0.25, 0.3) is 5.91 Å². The fourth-order valence-electron chi connectivity index (χ4n) is 4.37. The molecule has 0 radical (unpaired) electrons. The Bertz CT molecular complexity index is 1580. The van der Waals surface area contributed by atoms with Crippen molar-refractivity contribution in [2.75, 3.05) is 5.32 Å². The molecule has 1 amide bonds. The molecule has 0 saturated heterocycles. The van der Waals surface area contributed by atoms with Crippen molar-refractivity contribution >= 4 is 33.4 Å². The third-order valence-electron chi connectivity index (χ3n) is 5.99. The number of thiazole rings is 1. The highest BCUT2D eigenvalue weighted by molar-refractivity contribution is 7.14. The first kappa shape index (κ1) is 22.0. The van der Waals surface area contributed by atoms with Gasteiger partial charge in [-0.25, -0.2) is 9.97 Å². The van der Waals surface area contributed by atoms with E-state index in [1.54, 1.807) is 9.36 Å². The molecule has 5 heterocycles. The molecule has 0 saturated carbocycles. The van der Waals surface area contributed by atoms with E-state index in [1.165, 1.54) is 11.3 Å². The third-order valence-corrected chi connectivity index (χ3v) is 6.75. The Morgan fingerprint density at radius 1 is 0.912 bits per heavy atom. The van der Waals surface area contributed by atoms with Crippen LogP contribution in [0.1, 0.15) is 33.1 Å². The van der Waals surface area contributed by atoms with Crippen LogP contribution in [0.3, 0.4) is 0 Å². The fourth-order valence-corrected chi connectivity index (χ4v) is 5.07. The lowest BCUT2D eigenvalue weighted by Gasteiger charge is -2.09. The molecule has 1 N–H and O–H groups in total. The number of aryl methyl sites for hydroxylation is 6. The second-order valence-electron chi connectivity index (χ2n) is 8.43. The minimum absolute atomic E-state index is 0.257. The van der Waals surface area contributed by atoms with Crippen LogP contribution in [-0.4, -0.2) is 45.2 Å². The summed E-state index contributed by atoms with van der Waals surface area (Å²) in [6, 6.07) is 1.82. The topological polar surface area (TPSA) is 108 Å². The van der Waals surface area contributed by atoms with Crippen LogP contribution in [-0.2, 0) is 21.1 Å². The zero-order valence-corrected chi connectivity index (χ0v) is 20.9. The van der Waals surface area contributed by atoms with E-state index in [0.717, 1.165) is 45.0 Å². The van der Waals surface area contributed by atoms with Crippen LogP contribution in [0.4, 0.5) is 5.13 Å². The standard InChI is InChI=1S/C23H25N9OS/c1-11-16(9-30(5)27-11)18-10-34-23(25-18)26-22(33)15-8-17(19-12(2)28-31(6)14(19)4)24-21-20(15)13(3)29-32(21)7/h8-10H,1-7H3,(H,25,26,33). The number of nitrogens with zero attached hydrogens (tertiary/aromatic N) is 8. The van der Waals surface area contributed by atoms with Gasteiger partial charge in [0.05, 0.1) is 39.4 Å². The molecular weight excluding hydrogens is 450 g/mol. The molecule has 0 aromatic carbocycles. The molecule has 11 heteroatoms. The number of hydrogen-bond acceptors (Lipinski definition) is 7. The molecule has 174 valence electrons. The van der Waals surface area contributed by atoms with Crippen molar-refractivity contribution in [1.29, 1.82) is 0 Å². The third kappa shape index (κ3) is 3.48. The summed E-state index contributed by atoms with van der Waals surface area (Å²) in [5.41, 5.74) is 7.95. The molecule has 5 aromatic heterocycles. The molecule has 34 heavy (non-hydrogen) atoms. The summed E-state index contributed by atoms with van der Waals surface area (Å²) in [5.74, 6) is -0.257. The highest BCUT2D eigenvalue weighted by atomic mass is 32.1. The van der Waals surface area contributed by atoms with E-state index in [0.29, 0.717) is 22.0 Å². The SMILES string of the molecule is Cc1nn(C)cc1-c1csc(NC(=O)c2cc(-c3c(C)nn(C)c3C)nc3c2c(C)nn3C)n1. The lowest BCUT2D eigenvalue weighted by atomic mass is 10.0. The number of carbonyl (C=O) groups is 1. The minimum atomic E-state index is -0.257. The maximum atomic E-state index is 13.5.